The molecule has 1 saturated heterocycles. The Hall–Kier alpha value is -1.18. The summed E-state index contributed by atoms with van der Waals surface area (Å²) in [6.45, 7) is 0.662. The number of benzene rings is 1. The van der Waals surface area contributed by atoms with E-state index in [0.717, 1.165) is 5.69 Å². The number of rotatable bonds is 2. The zero-order valence-corrected chi connectivity index (χ0v) is 10.7. The van der Waals surface area contributed by atoms with Crippen molar-refractivity contribution in [2.24, 2.45) is 5.92 Å². The molecule has 17 heavy (non-hydrogen) atoms. The van der Waals surface area contributed by atoms with Gasteiger partial charge in [0, 0.05) is 18.7 Å². The summed E-state index contributed by atoms with van der Waals surface area (Å²) in [5.41, 5.74) is 1.13. The summed E-state index contributed by atoms with van der Waals surface area (Å²) in [5, 5.41) is 9.31. The van der Waals surface area contributed by atoms with Crippen molar-refractivity contribution in [3.05, 3.63) is 28.8 Å². The Morgan fingerprint density at radius 2 is 2.35 bits per heavy atom. The molecule has 3 nitrogen and oxygen atoms in total. The topological polar surface area (TPSA) is 44.1 Å². The second kappa shape index (κ2) is 4.99. The molecule has 1 fully saturated rings. The van der Waals surface area contributed by atoms with Gasteiger partial charge in [0.25, 0.3) is 0 Å². The van der Waals surface area contributed by atoms with Gasteiger partial charge >= 0.3 is 0 Å². The Morgan fingerprint density at radius 1 is 1.59 bits per heavy atom. The van der Waals surface area contributed by atoms with E-state index < -0.39 is 0 Å². The minimum absolute atomic E-state index is 0.0789. The van der Waals surface area contributed by atoms with Gasteiger partial charge in [-0.2, -0.15) is 17.9 Å². The standard InChI is InChI=1S/C12H11ClN2OS/c13-11-2-1-10(4-9(11)5-14)15-6-8(7-17)3-12(15)16/h1-2,4,8,17H,3,6-7H2. The maximum atomic E-state index is 11.8. The van der Waals surface area contributed by atoms with Gasteiger partial charge in [-0.05, 0) is 29.9 Å². The van der Waals surface area contributed by atoms with E-state index in [1.807, 2.05) is 6.07 Å². The van der Waals surface area contributed by atoms with E-state index in [2.05, 4.69) is 12.6 Å². The second-order valence-corrected chi connectivity index (χ2v) is 4.81. The first kappa shape index (κ1) is 12.3. The normalized spacial score (nSPS) is 19.5. The van der Waals surface area contributed by atoms with Crippen LogP contribution in [0.5, 0.6) is 0 Å². The quantitative estimate of drug-likeness (QED) is 0.836. The highest BCUT2D eigenvalue weighted by Crippen LogP contribution is 2.28. The molecule has 1 heterocycles. The van der Waals surface area contributed by atoms with Crippen molar-refractivity contribution >= 4 is 35.8 Å². The van der Waals surface area contributed by atoms with Gasteiger partial charge in [0.1, 0.15) is 6.07 Å². The molecule has 0 aromatic heterocycles. The van der Waals surface area contributed by atoms with Crippen LogP contribution in [0.3, 0.4) is 0 Å². The molecule has 1 amide bonds. The molecule has 1 aromatic rings. The smallest absolute Gasteiger partial charge is 0.227 e. The number of thiol groups is 1. The van der Waals surface area contributed by atoms with E-state index in [1.165, 1.54) is 0 Å². The van der Waals surface area contributed by atoms with Crippen LogP contribution in [0.25, 0.3) is 0 Å². The largest absolute Gasteiger partial charge is 0.312 e. The van der Waals surface area contributed by atoms with Crippen LogP contribution in [0.2, 0.25) is 5.02 Å². The van der Waals surface area contributed by atoms with Gasteiger partial charge in [0.15, 0.2) is 0 Å². The number of hydrogen-bond acceptors (Lipinski definition) is 3. The van der Waals surface area contributed by atoms with E-state index in [9.17, 15) is 4.79 Å². The zero-order valence-electron chi connectivity index (χ0n) is 9.06. The number of carbonyl (C=O) groups is 1. The molecule has 0 spiro atoms. The molecule has 88 valence electrons. The average molecular weight is 267 g/mol. The summed E-state index contributed by atoms with van der Waals surface area (Å²) < 4.78 is 0. The number of nitriles is 1. The molecule has 2 rings (SSSR count). The number of hydrogen-bond donors (Lipinski definition) is 1. The number of nitrogens with zero attached hydrogens (tertiary/aromatic N) is 2. The van der Waals surface area contributed by atoms with Crippen molar-refractivity contribution in [1.82, 2.24) is 0 Å². The minimum Gasteiger partial charge on any atom is -0.312 e. The first-order chi connectivity index (χ1) is 8.15. The van der Waals surface area contributed by atoms with Crippen LogP contribution in [-0.2, 0) is 4.79 Å². The summed E-state index contributed by atoms with van der Waals surface area (Å²) in [7, 11) is 0. The average Bonchev–Trinajstić information content (AvgIpc) is 2.71. The van der Waals surface area contributed by atoms with Crippen molar-refractivity contribution in [2.75, 3.05) is 17.2 Å². The molecule has 0 radical (unpaired) electrons. The third kappa shape index (κ3) is 2.41. The molecule has 1 aromatic carbocycles. The Kier molecular flexibility index (Phi) is 3.60. The van der Waals surface area contributed by atoms with Crippen molar-refractivity contribution in [3.63, 3.8) is 0 Å². The molecule has 1 atom stereocenters. The lowest BCUT2D eigenvalue weighted by molar-refractivity contribution is -0.117. The highest BCUT2D eigenvalue weighted by molar-refractivity contribution is 7.80. The Balaban J connectivity index is 2.30. The lowest BCUT2D eigenvalue weighted by Crippen LogP contribution is -2.24. The Bertz CT molecular complexity index is 498. The second-order valence-electron chi connectivity index (χ2n) is 4.03. The van der Waals surface area contributed by atoms with Crippen LogP contribution < -0.4 is 4.90 Å². The zero-order chi connectivity index (χ0) is 12.4. The summed E-state index contributed by atoms with van der Waals surface area (Å²) >= 11 is 10.1. The van der Waals surface area contributed by atoms with Gasteiger partial charge < -0.3 is 4.90 Å². The maximum absolute atomic E-state index is 11.8. The van der Waals surface area contributed by atoms with Crippen molar-refractivity contribution in [3.8, 4) is 6.07 Å². The predicted molar refractivity (Wildman–Crippen MR) is 70.5 cm³/mol. The summed E-state index contributed by atoms with van der Waals surface area (Å²) in [6, 6.07) is 7.08. The minimum atomic E-state index is 0.0789. The molecular formula is C12H11ClN2OS. The van der Waals surface area contributed by atoms with Gasteiger partial charge in [0.05, 0.1) is 10.6 Å². The molecule has 0 saturated carbocycles. The molecule has 1 unspecified atom stereocenters. The van der Waals surface area contributed by atoms with Gasteiger partial charge in [0.2, 0.25) is 5.91 Å². The number of carbonyl (C=O) groups excluding carboxylic acids is 1. The van der Waals surface area contributed by atoms with Crippen LogP contribution in [0.15, 0.2) is 18.2 Å². The highest BCUT2D eigenvalue weighted by Gasteiger charge is 2.29. The summed E-state index contributed by atoms with van der Waals surface area (Å²) in [5.74, 6) is 1.06. The monoisotopic (exact) mass is 266 g/mol. The van der Waals surface area contributed by atoms with Gasteiger partial charge in [-0.15, -0.1) is 0 Å². The van der Waals surface area contributed by atoms with Gasteiger partial charge in [-0.1, -0.05) is 11.6 Å². The Labute approximate surface area is 110 Å². The van der Waals surface area contributed by atoms with Gasteiger partial charge in [-0.3, -0.25) is 4.79 Å². The van der Waals surface area contributed by atoms with Crippen LogP contribution in [-0.4, -0.2) is 18.2 Å². The molecule has 0 bridgehead atoms. The fraction of sp³-hybridized carbons (Fsp3) is 0.333. The maximum Gasteiger partial charge on any atom is 0.227 e. The third-order valence-electron chi connectivity index (χ3n) is 2.85. The van der Waals surface area contributed by atoms with Crippen LogP contribution in [0.1, 0.15) is 12.0 Å². The molecule has 5 heteroatoms. The van der Waals surface area contributed by atoms with Crippen LogP contribution in [0.4, 0.5) is 5.69 Å². The fourth-order valence-electron chi connectivity index (χ4n) is 1.92. The number of halogens is 1. The lowest BCUT2D eigenvalue weighted by atomic mass is 10.1. The van der Waals surface area contributed by atoms with E-state index in [-0.39, 0.29) is 11.8 Å². The van der Waals surface area contributed by atoms with E-state index in [4.69, 9.17) is 16.9 Å². The highest BCUT2D eigenvalue weighted by atomic mass is 35.5. The molecule has 0 aliphatic carbocycles. The molecule has 1 aliphatic heterocycles. The van der Waals surface area contributed by atoms with E-state index >= 15 is 0 Å². The Morgan fingerprint density at radius 3 is 2.94 bits per heavy atom. The first-order valence-corrected chi connectivity index (χ1v) is 6.27. The number of anilines is 1. The van der Waals surface area contributed by atoms with Gasteiger partial charge in [-0.25, -0.2) is 0 Å². The summed E-state index contributed by atoms with van der Waals surface area (Å²) in [6.07, 6.45) is 0.522. The van der Waals surface area contributed by atoms with E-state index in [1.54, 1.807) is 23.1 Å². The van der Waals surface area contributed by atoms with Crippen molar-refractivity contribution in [2.45, 2.75) is 6.42 Å². The van der Waals surface area contributed by atoms with Crippen LogP contribution in [0, 0.1) is 17.2 Å². The SMILES string of the molecule is N#Cc1cc(N2CC(CS)CC2=O)ccc1Cl. The fourth-order valence-corrected chi connectivity index (χ4v) is 2.32. The molecular weight excluding hydrogens is 256 g/mol. The molecule has 0 N–H and O–H groups in total. The summed E-state index contributed by atoms with van der Waals surface area (Å²) in [4.78, 5) is 13.5. The molecule has 1 aliphatic rings. The first-order valence-electron chi connectivity index (χ1n) is 5.26. The lowest BCUT2D eigenvalue weighted by Gasteiger charge is -2.16. The van der Waals surface area contributed by atoms with Crippen LogP contribution >= 0.6 is 24.2 Å². The predicted octanol–water partition coefficient (Wildman–Crippen LogP) is 2.49. The van der Waals surface area contributed by atoms with E-state index in [0.29, 0.717) is 29.3 Å². The van der Waals surface area contributed by atoms with Crippen molar-refractivity contribution in [1.29, 1.82) is 5.26 Å². The number of amides is 1. The third-order valence-corrected chi connectivity index (χ3v) is 3.69. The van der Waals surface area contributed by atoms with Crippen molar-refractivity contribution < 1.29 is 4.79 Å².